The minimum atomic E-state index is -1.02. The highest BCUT2D eigenvalue weighted by atomic mass is 32.2. The number of benzene rings is 3. The summed E-state index contributed by atoms with van der Waals surface area (Å²) in [6.45, 7) is 1.80. The number of nitrogens with one attached hydrogen (secondary N) is 1. The van der Waals surface area contributed by atoms with Crippen molar-refractivity contribution in [1.82, 2.24) is 10.3 Å². The van der Waals surface area contributed by atoms with Gasteiger partial charge in [-0.1, -0.05) is 24.3 Å². The van der Waals surface area contributed by atoms with Crippen molar-refractivity contribution in [2.45, 2.75) is 17.9 Å². The Hall–Kier alpha value is -3.55. The second-order valence-corrected chi connectivity index (χ2v) is 9.57. The van der Waals surface area contributed by atoms with Crippen molar-refractivity contribution in [3.8, 4) is 5.75 Å². The monoisotopic (exact) mass is 471 g/mol. The number of carbonyl (C=O) groups excluding carboxylic acids is 1. The number of nitrogens with zero attached hydrogens (tertiary/aromatic N) is 2. The number of anilines is 2. The SMILES string of the molecule is C[S+]([O-])c1ccc(CNC(=O)c2ccc3c(c2)OCCCN3c2cccc3cnccc23)cc1. The highest BCUT2D eigenvalue weighted by Crippen LogP contribution is 2.39. The summed E-state index contributed by atoms with van der Waals surface area (Å²) in [5.74, 6) is 0.535. The molecule has 0 bridgehead atoms. The van der Waals surface area contributed by atoms with E-state index in [1.807, 2.05) is 67.0 Å². The second-order valence-electron chi connectivity index (χ2n) is 8.19. The lowest BCUT2D eigenvalue weighted by Gasteiger charge is -2.25. The molecule has 2 heterocycles. The van der Waals surface area contributed by atoms with Crippen molar-refractivity contribution in [2.75, 3.05) is 24.3 Å². The molecule has 1 aromatic heterocycles. The number of ether oxygens (including phenoxy) is 1. The van der Waals surface area contributed by atoms with E-state index in [1.54, 1.807) is 6.26 Å². The lowest BCUT2D eigenvalue weighted by atomic mass is 10.1. The van der Waals surface area contributed by atoms with Crippen LogP contribution in [0.2, 0.25) is 0 Å². The van der Waals surface area contributed by atoms with Gasteiger partial charge in [0.2, 0.25) is 0 Å². The van der Waals surface area contributed by atoms with Crippen LogP contribution in [0.15, 0.2) is 84.0 Å². The number of fused-ring (bicyclic) bond motifs is 2. The van der Waals surface area contributed by atoms with Crippen molar-refractivity contribution in [2.24, 2.45) is 0 Å². The summed E-state index contributed by atoms with van der Waals surface area (Å²) in [4.78, 5) is 20.1. The third-order valence-electron chi connectivity index (χ3n) is 5.95. The molecule has 6 nitrogen and oxygen atoms in total. The molecule has 0 fully saturated rings. The fourth-order valence-corrected chi connectivity index (χ4v) is 4.71. The van der Waals surface area contributed by atoms with Gasteiger partial charge in [-0.15, -0.1) is 0 Å². The van der Waals surface area contributed by atoms with Gasteiger partial charge in [0.15, 0.2) is 4.90 Å². The molecule has 1 N–H and O–H groups in total. The van der Waals surface area contributed by atoms with Crippen LogP contribution in [0.1, 0.15) is 22.3 Å². The molecule has 1 aliphatic rings. The molecule has 1 atom stereocenters. The Bertz CT molecular complexity index is 1320. The van der Waals surface area contributed by atoms with Crippen LogP contribution < -0.4 is 15.0 Å². The smallest absolute Gasteiger partial charge is 0.251 e. The summed E-state index contributed by atoms with van der Waals surface area (Å²) < 4.78 is 17.6. The number of hydrogen-bond donors (Lipinski definition) is 1. The van der Waals surface area contributed by atoms with Crippen LogP contribution in [-0.2, 0) is 17.7 Å². The summed E-state index contributed by atoms with van der Waals surface area (Å²) in [5.41, 5.74) is 3.54. The summed E-state index contributed by atoms with van der Waals surface area (Å²) in [6.07, 6.45) is 6.20. The minimum Gasteiger partial charge on any atom is -0.612 e. The maximum Gasteiger partial charge on any atom is 0.251 e. The quantitative estimate of drug-likeness (QED) is 0.422. The normalized spacial score (nSPS) is 14.1. The summed E-state index contributed by atoms with van der Waals surface area (Å²) in [7, 11) is 0. The molecule has 34 heavy (non-hydrogen) atoms. The first-order valence-electron chi connectivity index (χ1n) is 11.2. The van der Waals surface area contributed by atoms with Crippen molar-refractivity contribution in [1.29, 1.82) is 0 Å². The van der Waals surface area contributed by atoms with E-state index in [-0.39, 0.29) is 5.91 Å². The Morgan fingerprint density at radius 1 is 1.12 bits per heavy atom. The molecule has 4 aromatic rings. The molecule has 5 rings (SSSR count). The van der Waals surface area contributed by atoms with Crippen molar-refractivity contribution < 1.29 is 14.1 Å². The van der Waals surface area contributed by atoms with Crippen molar-refractivity contribution in [3.63, 3.8) is 0 Å². The lowest BCUT2D eigenvalue weighted by Crippen LogP contribution is -2.23. The first-order chi connectivity index (χ1) is 16.6. The predicted octanol–water partition coefficient (Wildman–Crippen LogP) is 4.82. The van der Waals surface area contributed by atoms with Gasteiger partial charge in [-0.2, -0.15) is 0 Å². The lowest BCUT2D eigenvalue weighted by molar-refractivity contribution is 0.0950. The van der Waals surface area contributed by atoms with Gasteiger partial charge < -0.3 is 19.5 Å². The molecule has 1 amide bonds. The van der Waals surface area contributed by atoms with Crippen LogP contribution in [0, 0.1) is 0 Å². The molecule has 0 saturated carbocycles. The molecule has 7 heteroatoms. The van der Waals surface area contributed by atoms with E-state index < -0.39 is 11.2 Å². The zero-order valence-corrected chi connectivity index (χ0v) is 19.7. The van der Waals surface area contributed by atoms with E-state index in [4.69, 9.17) is 4.74 Å². The number of hydrogen-bond acceptors (Lipinski definition) is 5. The summed E-state index contributed by atoms with van der Waals surface area (Å²) in [6, 6.07) is 21.3. The van der Waals surface area contributed by atoms with E-state index >= 15 is 0 Å². The number of carbonyl (C=O) groups is 1. The van der Waals surface area contributed by atoms with E-state index in [0.717, 1.165) is 45.6 Å². The Labute approximate surface area is 201 Å². The van der Waals surface area contributed by atoms with Crippen LogP contribution in [0.5, 0.6) is 5.75 Å². The first-order valence-corrected chi connectivity index (χ1v) is 12.7. The Morgan fingerprint density at radius 3 is 2.79 bits per heavy atom. The number of amides is 1. The van der Waals surface area contributed by atoms with E-state index in [0.29, 0.717) is 24.5 Å². The van der Waals surface area contributed by atoms with Crippen molar-refractivity contribution in [3.05, 3.63) is 90.3 Å². The van der Waals surface area contributed by atoms with Crippen LogP contribution in [0.4, 0.5) is 11.4 Å². The highest BCUT2D eigenvalue weighted by molar-refractivity contribution is 7.90. The predicted molar refractivity (Wildman–Crippen MR) is 135 cm³/mol. The fraction of sp³-hybridized carbons (Fsp3) is 0.185. The summed E-state index contributed by atoms with van der Waals surface area (Å²) >= 11 is -1.02. The number of rotatable bonds is 5. The molecular weight excluding hydrogens is 446 g/mol. The maximum atomic E-state index is 12.9. The molecule has 0 radical (unpaired) electrons. The Morgan fingerprint density at radius 2 is 1.97 bits per heavy atom. The Balaban J connectivity index is 1.38. The van der Waals surface area contributed by atoms with E-state index in [1.165, 1.54) is 0 Å². The molecule has 1 unspecified atom stereocenters. The third-order valence-corrected chi connectivity index (χ3v) is 6.89. The molecule has 172 valence electrons. The van der Waals surface area contributed by atoms with Gasteiger partial charge in [-0.25, -0.2) is 0 Å². The van der Waals surface area contributed by atoms with Crippen LogP contribution in [0.25, 0.3) is 10.8 Å². The largest absolute Gasteiger partial charge is 0.612 e. The van der Waals surface area contributed by atoms with Crippen LogP contribution in [-0.4, -0.2) is 34.9 Å². The van der Waals surface area contributed by atoms with E-state index in [9.17, 15) is 9.35 Å². The molecule has 0 saturated heterocycles. The van der Waals surface area contributed by atoms with Crippen molar-refractivity contribution >= 4 is 39.2 Å². The number of aromatic nitrogens is 1. The van der Waals surface area contributed by atoms with Crippen LogP contribution >= 0.6 is 0 Å². The molecule has 1 aliphatic heterocycles. The van der Waals surface area contributed by atoms with Crippen LogP contribution in [0.3, 0.4) is 0 Å². The Kier molecular flexibility index (Phi) is 6.38. The number of pyridine rings is 1. The maximum absolute atomic E-state index is 12.9. The molecule has 0 spiro atoms. The molecule has 0 aliphatic carbocycles. The van der Waals surface area contributed by atoms with Gasteiger partial charge in [-0.05, 0) is 65.6 Å². The average Bonchev–Trinajstić information content (AvgIpc) is 3.09. The zero-order valence-electron chi connectivity index (χ0n) is 18.9. The molecular formula is C27H25N3O3S. The topological polar surface area (TPSA) is 77.5 Å². The van der Waals surface area contributed by atoms with Gasteiger partial charge in [0.05, 0.1) is 12.3 Å². The van der Waals surface area contributed by atoms with Gasteiger partial charge >= 0.3 is 0 Å². The van der Waals surface area contributed by atoms with E-state index in [2.05, 4.69) is 27.3 Å². The molecule has 3 aromatic carbocycles. The standard InChI is InChI=1S/C27H25N3O3S/c1-34(32)22-9-6-19(7-10-22)17-29-27(31)20-8-11-25-26(16-20)33-15-3-14-30(25)24-5-2-4-21-18-28-13-12-23(21)24/h2,4-13,16,18H,3,14-15,17H2,1H3,(H,29,31). The van der Waals surface area contributed by atoms with Gasteiger partial charge in [0.25, 0.3) is 5.91 Å². The van der Waals surface area contributed by atoms with Gasteiger partial charge in [-0.3, -0.25) is 9.78 Å². The highest BCUT2D eigenvalue weighted by Gasteiger charge is 2.21. The first kappa shape index (κ1) is 22.3. The average molecular weight is 472 g/mol. The zero-order chi connectivity index (χ0) is 23.5. The van der Waals surface area contributed by atoms with Gasteiger partial charge in [0, 0.05) is 47.5 Å². The second kappa shape index (κ2) is 9.75. The third kappa shape index (κ3) is 4.58. The fourth-order valence-electron chi connectivity index (χ4n) is 4.19. The summed E-state index contributed by atoms with van der Waals surface area (Å²) in [5, 5.41) is 5.18. The minimum absolute atomic E-state index is 0.165. The van der Waals surface area contributed by atoms with Gasteiger partial charge in [0.1, 0.15) is 12.0 Å².